The van der Waals surface area contributed by atoms with Crippen LogP contribution >= 0.6 is 0 Å². The Kier molecular flexibility index (Phi) is 8.24. The summed E-state index contributed by atoms with van der Waals surface area (Å²) >= 11 is 0. The molecule has 0 aliphatic heterocycles. The summed E-state index contributed by atoms with van der Waals surface area (Å²) in [5.74, 6) is 5.11. The van der Waals surface area contributed by atoms with Crippen molar-refractivity contribution in [1.82, 2.24) is 5.01 Å². The van der Waals surface area contributed by atoms with Gasteiger partial charge >= 0.3 is 0 Å². The van der Waals surface area contributed by atoms with Crippen LogP contribution in [0.4, 0.5) is 0 Å². The van der Waals surface area contributed by atoms with Gasteiger partial charge in [-0.05, 0) is 24.5 Å². The van der Waals surface area contributed by atoms with Crippen molar-refractivity contribution in [2.24, 2.45) is 17.5 Å². The second-order valence-corrected chi connectivity index (χ2v) is 7.28. The van der Waals surface area contributed by atoms with Crippen molar-refractivity contribution in [2.75, 3.05) is 21.3 Å². The van der Waals surface area contributed by atoms with Crippen LogP contribution in [0.5, 0.6) is 17.2 Å². The predicted octanol–water partition coefficient (Wildman–Crippen LogP) is 1.21. The van der Waals surface area contributed by atoms with Gasteiger partial charge in [0.15, 0.2) is 11.5 Å². The lowest BCUT2D eigenvalue weighted by molar-refractivity contribution is -0.139. The van der Waals surface area contributed by atoms with E-state index in [1.807, 2.05) is 0 Å². The number of carbonyl (C=O) groups is 2. The van der Waals surface area contributed by atoms with Crippen LogP contribution in [0.1, 0.15) is 48.9 Å². The maximum Gasteiger partial charge on any atom is 0.275 e. The first-order valence-corrected chi connectivity index (χ1v) is 9.70. The van der Waals surface area contributed by atoms with Crippen LogP contribution in [0.3, 0.4) is 0 Å². The number of hydrazine groups is 1. The van der Waals surface area contributed by atoms with E-state index >= 15 is 0 Å². The van der Waals surface area contributed by atoms with Gasteiger partial charge in [0.2, 0.25) is 5.75 Å². The summed E-state index contributed by atoms with van der Waals surface area (Å²) in [4.78, 5) is 25.3. The fraction of sp³-hybridized carbons (Fsp3) is 0.600. The molecule has 0 saturated heterocycles. The second-order valence-electron chi connectivity index (χ2n) is 7.28. The van der Waals surface area contributed by atoms with E-state index in [1.165, 1.54) is 39.9 Å². The van der Waals surface area contributed by atoms with E-state index in [9.17, 15) is 14.7 Å². The van der Waals surface area contributed by atoms with Gasteiger partial charge in [-0.3, -0.25) is 9.59 Å². The molecule has 1 aromatic carbocycles. The molecule has 1 fully saturated rings. The zero-order valence-electron chi connectivity index (χ0n) is 17.2. The van der Waals surface area contributed by atoms with Gasteiger partial charge in [-0.15, -0.1) is 0 Å². The summed E-state index contributed by atoms with van der Waals surface area (Å²) in [6.45, 7) is 0. The molecule has 5 N–H and O–H groups in total. The average Bonchev–Trinajstić information content (AvgIpc) is 2.76. The van der Waals surface area contributed by atoms with Gasteiger partial charge in [0, 0.05) is 11.6 Å². The van der Waals surface area contributed by atoms with Gasteiger partial charge in [0.25, 0.3) is 11.8 Å². The number of amides is 2. The molecule has 2 atom stereocenters. The molecule has 2 rings (SSSR count). The van der Waals surface area contributed by atoms with Crippen molar-refractivity contribution < 1.29 is 28.9 Å². The summed E-state index contributed by atoms with van der Waals surface area (Å²) in [5, 5.41) is 10.7. The number of imide groups is 1. The van der Waals surface area contributed by atoms with Gasteiger partial charge in [-0.2, -0.15) is 0 Å². The number of carbonyl (C=O) groups excluding carboxylic acids is 2. The van der Waals surface area contributed by atoms with Gasteiger partial charge in [-0.1, -0.05) is 32.1 Å². The first-order valence-electron chi connectivity index (χ1n) is 9.70. The summed E-state index contributed by atoms with van der Waals surface area (Å²) in [6.07, 6.45) is 4.48. The van der Waals surface area contributed by atoms with E-state index in [0.29, 0.717) is 23.1 Å². The lowest BCUT2D eigenvalue weighted by atomic mass is 9.84. The quantitative estimate of drug-likeness (QED) is 0.331. The molecule has 9 nitrogen and oxygen atoms in total. The number of hydrogen-bond donors (Lipinski definition) is 3. The largest absolute Gasteiger partial charge is 0.493 e. The Hall–Kier alpha value is -2.36. The van der Waals surface area contributed by atoms with Crippen molar-refractivity contribution in [3.8, 4) is 17.2 Å². The summed E-state index contributed by atoms with van der Waals surface area (Å²) in [5.41, 5.74) is 6.08. The minimum absolute atomic E-state index is 0.0448. The average molecular weight is 409 g/mol. The summed E-state index contributed by atoms with van der Waals surface area (Å²) in [6, 6.07) is 1.97. The van der Waals surface area contributed by atoms with Crippen molar-refractivity contribution >= 4 is 11.8 Å². The monoisotopic (exact) mass is 409 g/mol. The maximum atomic E-state index is 12.7. The minimum Gasteiger partial charge on any atom is -0.493 e. The van der Waals surface area contributed by atoms with Crippen molar-refractivity contribution in [3.05, 3.63) is 17.7 Å². The lowest BCUT2D eigenvalue weighted by Crippen LogP contribution is -2.53. The molecule has 1 aromatic rings. The van der Waals surface area contributed by atoms with E-state index in [0.717, 1.165) is 25.7 Å². The maximum absolute atomic E-state index is 12.7. The molecular formula is C20H31N3O6. The van der Waals surface area contributed by atoms with Gasteiger partial charge in [0.05, 0.1) is 21.3 Å². The molecule has 0 aromatic heterocycles. The van der Waals surface area contributed by atoms with Crippen LogP contribution in [0.25, 0.3) is 0 Å². The van der Waals surface area contributed by atoms with E-state index in [1.54, 1.807) is 0 Å². The predicted molar refractivity (Wildman–Crippen MR) is 107 cm³/mol. The Bertz CT molecular complexity index is 695. The van der Waals surface area contributed by atoms with E-state index in [-0.39, 0.29) is 17.1 Å². The number of aliphatic hydroxyl groups excluding tert-OH is 1. The molecule has 2 amide bonds. The number of aliphatic hydroxyl groups is 1. The molecule has 0 spiro atoms. The fourth-order valence-corrected chi connectivity index (χ4v) is 3.71. The zero-order chi connectivity index (χ0) is 21.6. The molecule has 162 valence electrons. The smallest absolute Gasteiger partial charge is 0.275 e. The van der Waals surface area contributed by atoms with Crippen molar-refractivity contribution in [3.63, 3.8) is 0 Å². The highest BCUT2D eigenvalue weighted by Gasteiger charge is 2.32. The van der Waals surface area contributed by atoms with Gasteiger partial charge < -0.3 is 25.1 Å². The molecular weight excluding hydrogens is 378 g/mol. The second kappa shape index (κ2) is 10.4. The lowest BCUT2D eigenvalue weighted by Gasteiger charge is -2.28. The standard InChI is InChI=1S/C20H31N3O6/c1-27-15-10-13(11-16(28-2)18(15)29-3)19(25)23(22)20(26)17(24)14(21)9-12-7-5-4-6-8-12/h10-12,14,17,24H,4-9,21-22H2,1-3H3/t14-,17?/m1/s1. The van der Waals surface area contributed by atoms with Crippen LogP contribution in [0.15, 0.2) is 12.1 Å². The molecule has 0 radical (unpaired) electrons. The minimum atomic E-state index is -1.56. The van der Waals surface area contributed by atoms with E-state index < -0.39 is 24.0 Å². The third-order valence-corrected chi connectivity index (χ3v) is 5.36. The third kappa shape index (κ3) is 5.37. The van der Waals surface area contributed by atoms with E-state index in [4.69, 9.17) is 25.8 Å². The Labute approximate surface area is 170 Å². The Morgan fingerprint density at radius 1 is 1.10 bits per heavy atom. The van der Waals surface area contributed by atoms with Crippen LogP contribution in [0.2, 0.25) is 0 Å². The third-order valence-electron chi connectivity index (χ3n) is 5.36. The fourth-order valence-electron chi connectivity index (χ4n) is 3.71. The van der Waals surface area contributed by atoms with Crippen molar-refractivity contribution in [1.29, 1.82) is 0 Å². The molecule has 0 bridgehead atoms. The number of hydrogen-bond acceptors (Lipinski definition) is 8. The van der Waals surface area contributed by atoms with Crippen LogP contribution in [-0.2, 0) is 4.79 Å². The zero-order valence-corrected chi connectivity index (χ0v) is 17.2. The highest BCUT2D eigenvalue weighted by Crippen LogP contribution is 2.38. The number of methoxy groups -OCH3 is 3. The van der Waals surface area contributed by atoms with Crippen LogP contribution in [-0.4, -0.2) is 55.4 Å². The molecule has 1 saturated carbocycles. The van der Waals surface area contributed by atoms with Gasteiger partial charge in [-0.25, -0.2) is 10.9 Å². The Morgan fingerprint density at radius 3 is 2.14 bits per heavy atom. The number of nitrogens with zero attached hydrogens (tertiary/aromatic N) is 1. The normalized spacial score (nSPS) is 16.6. The van der Waals surface area contributed by atoms with E-state index in [2.05, 4.69) is 0 Å². The first kappa shape index (κ1) is 22.9. The first-order chi connectivity index (χ1) is 13.8. The highest BCUT2D eigenvalue weighted by molar-refractivity contribution is 6.06. The SMILES string of the molecule is COc1cc(C(=O)N(N)C(=O)C(O)[C@H](N)CC2CCCCC2)cc(OC)c1OC. The molecule has 1 aliphatic rings. The number of nitrogens with two attached hydrogens (primary N) is 2. The van der Waals surface area contributed by atoms with Crippen molar-refractivity contribution in [2.45, 2.75) is 50.7 Å². The topological polar surface area (TPSA) is 137 Å². The number of ether oxygens (including phenoxy) is 3. The summed E-state index contributed by atoms with van der Waals surface area (Å²) in [7, 11) is 4.25. The van der Waals surface area contributed by atoms with Gasteiger partial charge in [0.1, 0.15) is 6.10 Å². The van der Waals surface area contributed by atoms with Crippen LogP contribution in [0, 0.1) is 5.92 Å². The molecule has 0 heterocycles. The summed E-state index contributed by atoms with van der Waals surface area (Å²) < 4.78 is 15.6. The number of rotatable bonds is 8. The van der Waals surface area contributed by atoms with Crippen LogP contribution < -0.4 is 25.8 Å². The highest BCUT2D eigenvalue weighted by atomic mass is 16.5. The Balaban J connectivity index is 2.12. The molecule has 29 heavy (non-hydrogen) atoms. The molecule has 1 aliphatic carbocycles. The molecule has 9 heteroatoms. The Morgan fingerprint density at radius 2 is 1.66 bits per heavy atom. The number of benzene rings is 1. The molecule has 1 unspecified atom stereocenters.